The largest absolute Gasteiger partial charge is 0.493 e. The van der Waals surface area contributed by atoms with Crippen LogP contribution in [0.15, 0.2) is 66.7 Å². The standard InChI is InChI=1S/C31H20F8O2/c1-2-3-12-40-21-10-11-23(24(32)15-21)20-8-6-18(7-9-20)4-5-19-13-25(33)29(26(34)14-19)31(38,39)41-22-16-27(35)30(37)28(36)17-22/h6-11,13-17H,2-3,12H2,1H3. The molecule has 212 valence electrons. The monoisotopic (exact) mass is 576 g/mol. The van der Waals surface area contributed by atoms with Crippen molar-refractivity contribution in [3.8, 4) is 34.5 Å². The average Bonchev–Trinajstić information content (AvgIpc) is 2.90. The van der Waals surface area contributed by atoms with Gasteiger partial charge in [0.2, 0.25) is 0 Å². The molecule has 4 aromatic carbocycles. The van der Waals surface area contributed by atoms with Crippen molar-refractivity contribution >= 4 is 0 Å². The van der Waals surface area contributed by atoms with E-state index >= 15 is 0 Å². The summed E-state index contributed by atoms with van der Waals surface area (Å²) in [5.41, 5.74) is -0.889. The number of hydrogen-bond acceptors (Lipinski definition) is 2. The molecule has 2 nitrogen and oxygen atoms in total. The summed E-state index contributed by atoms with van der Waals surface area (Å²) in [7, 11) is 0. The van der Waals surface area contributed by atoms with E-state index in [0.29, 0.717) is 41.2 Å². The minimum atomic E-state index is -4.71. The van der Waals surface area contributed by atoms with Crippen LogP contribution in [0.3, 0.4) is 0 Å². The van der Waals surface area contributed by atoms with Crippen molar-refractivity contribution in [2.45, 2.75) is 25.9 Å². The molecule has 41 heavy (non-hydrogen) atoms. The van der Waals surface area contributed by atoms with Gasteiger partial charge in [0.25, 0.3) is 0 Å². The van der Waals surface area contributed by atoms with Gasteiger partial charge >= 0.3 is 6.11 Å². The number of halogens is 8. The molecule has 0 saturated carbocycles. The molecule has 0 aliphatic carbocycles. The van der Waals surface area contributed by atoms with Gasteiger partial charge in [-0.2, -0.15) is 8.78 Å². The van der Waals surface area contributed by atoms with Crippen LogP contribution in [0, 0.1) is 46.7 Å². The molecule has 0 aliphatic heterocycles. The van der Waals surface area contributed by atoms with E-state index in [1.54, 1.807) is 24.3 Å². The quantitative estimate of drug-likeness (QED) is 0.0903. The Hall–Kier alpha value is -4.52. The number of rotatable bonds is 8. The summed E-state index contributed by atoms with van der Waals surface area (Å²) in [6.45, 7) is 2.49. The average molecular weight is 576 g/mol. The van der Waals surface area contributed by atoms with Crippen LogP contribution in [-0.2, 0) is 6.11 Å². The predicted octanol–water partition coefficient (Wildman–Crippen LogP) is 8.90. The Morgan fingerprint density at radius 3 is 1.83 bits per heavy atom. The van der Waals surface area contributed by atoms with Gasteiger partial charge in [0.1, 0.15) is 34.5 Å². The highest BCUT2D eigenvalue weighted by molar-refractivity contribution is 5.66. The number of benzene rings is 4. The van der Waals surface area contributed by atoms with Crippen molar-refractivity contribution in [1.82, 2.24) is 0 Å². The molecule has 0 atom stereocenters. The minimum absolute atomic E-state index is 0.111. The second-order valence-electron chi connectivity index (χ2n) is 8.81. The summed E-state index contributed by atoms with van der Waals surface area (Å²) in [5, 5.41) is 0. The van der Waals surface area contributed by atoms with Gasteiger partial charge in [0.05, 0.1) is 6.61 Å². The fraction of sp³-hybridized carbons (Fsp3) is 0.161. The maximum atomic E-state index is 14.6. The summed E-state index contributed by atoms with van der Waals surface area (Å²) in [4.78, 5) is 0. The van der Waals surface area contributed by atoms with Gasteiger partial charge in [-0.25, -0.2) is 26.3 Å². The molecule has 0 radical (unpaired) electrons. The van der Waals surface area contributed by atoms with Crippen molar-refractivity contribution in [3.05, 3.63) is 118 Å². The molecule has 0 heterocycles. The minimum Gasteiger partial charge on any atom is -0.493 e. The molecule has 0 bridgehead atoms. The highest BCUT2D eigenvalue weighted by atomic mass is 19.3. The summed E-state index contributed by atoms with van der Waals surface area (Å²) >= 11 is 0. The first-order valence-electron chi connectivity index (χ1n) is 12.2. The smallest absolute Gasteiger partial charge is 0.432 e. The third-order valence-electron chi connectivity index (χ3n) is 5.79. The van der Waals surface area contributed by atoms with Gasteiger partial charge in [0.15, 0.2) is 17.5 Å². The Morgan fingerprint density at radius 2 is 1.24 bits per heavy atom. The lowest BCUT2D eigenvalue weighted by atomic mass is 10.0. The lowest BCUT2D eigenvalue weighted by Crippen LogP contribution is -2.25. The molecule has 0 aromatic heterocycles. The molecule has 0 aliphatic rings. The maximum Gasteiger partial charge on any atom is 0.432 e. The third kappa shape index (κ3) is 6.98. The molecule has 0 saturated heterocycles. The molecule has 10 heteroatoms. The van der Waals surface area contributed by atoms with E-state index in [4.69, 9.17) is 4.74 Å². The predicted molar refractivity (Wildman–Crippen MR) is 135 cm³/mol. The summed E-state index contributed by atoms with van der Waals surface area (Å²) in [6, 6.07) is 12.0. The van der Waals surface area contributed by atoms with Crippen LogP contribution in [0.4, 0.5) is 35.1 Å². The van der Waals surface area contributed by atoms with E-state index in [2.05, 4.69) is 16.6 Å². The van der Waals surface area contributed by atoms with Crippen LogP contribution in [0.1, 0.15) is 36.5 Å². The van der Waals surface area contributed by atoms with E-state index < -0.39 is 52.3 Å². The highest BCUT2D eigenvalue weighted by Crippen LogP contribution is 2.36. The fourth-order valence-corrected chi connectivity index (χ4v) is 3.75. The van der Waals surface area contributed by atoms with Crippen molar-refractivity contribution in [1.29, 1.82) is 0 Å². The van der Waals surface area contributed by atoms with Gasteiger partial charge in [0, 0.05) is 34.9 Å². The van der Waals surface area contributed by atoms with E-state index in [1.165, 1.54) is 18.2 Å². The van der Waals surface area contributed by atoms with Crippen molar-refractivity contribution in [2.24, 2.45) is 0 Å². The summed E-state index contributed by atoms with van der Waals surface area (Å²) in [5.74, 6) is -5.25. The molecule has 4 rings (SSSR count). The first-order valence-corrected chi connectivity index (χ1v) is 12.2. The second-order valence-corrected chi connectivity index (χ2v) is 8.81. The maximum absolute atomic E-state index is 14.6. The number of hydrogen-bond donors (Lipinski definition) is 0. The van der Waals surface area contributed by atoms with Gasteiger partial charge in [-0.05, 0) is 48.4 Å². The van der Waals surface area contributed by atoms with Crippen LogP contribution in [0.5, 0.6) is 11.5 Å². The number of ether oxygens (including phenoxy) is 2. The third-order valence-corrected chi connectivity index (χ3v) is 5.79. The molecule has 4 aromatic rings. The number of unbranched alkanes of at least 4 members (excludes halogenated alkanes) is 1. The van der Waals surface area contributed by atoms with Crippen molar-refractivity contribution < 1.29 is 44.6 Å². The normalized spacial score (nSPS) is 11.1. The molecule has 0 unspecified atom stereocenters. The van der Waals surface area contributed by atoms with Gasteiger partial charge in [-0.3, -0.25) is 0 Å². The van der Waals surface area contributed by atoms with E-state index in [9.17, 15) is 35.1 Å². The van der Waals surface area contributed by atoms with Crippen LogP contribution in [0.2, 0.25) is 0 Å². The van der Waals surface area contributed by atoms with Crippen LogP contribution in [0.25, 0.3) is 11.1 Å². The highest BCUT2D eigenvalue weighted by Gasteiger charge is 2.41. The van der Waals surface area contributed by atoms with Crippen LogP contribution in [-0.4, -0.2) is 6.61 Å². The van der Waals surface area contributed by atoms with Crippen molar-refractivity contribution in [2.75, 3.05) is 6.61 Å². The Bertz CT molecular complexity index is 1580. The van der Waals surface area contributed by atoms with Gasteiger partial charge < -0.3 is 9.47 Å². The topological polar surface area (TPSA) is 18.5 Å². The van der Waals surface area contributed by atoms with E-state index in [0.717, 1.165) is 12.8 Å². The molecular formula is C31H20F8O2. The Labute approximate surface area is 230 Å². The lowest BCUT2D eigenvalue weighted by molar-refractivity contribution is -0.189. The molecule has 0 N–H and O–H groups in total. The first-order chi connectivity index (χ1) is 19.5. The Morgan fingerprint density at radius 1 is 0.659 bits per heavy atom. The van der Waals surface area contributed by atoms with Crippen molar-refractivity contribution in [3.63, 3.8) is 0 Å². The van der Waals surface area contributed by atoms with Gasteiger partial charge in [-0.15, -0.1) is 0 Å². The molecule has 0 spiro atoms. The van der Waals surface area contributed by atoms with Crippen LogP contribution >= 0.6 is 0 Å². The van der Waals surface area contributed by atoms with Gasteiger partial charge in [-0.1, -0.05) is 37.3 Å². The zero-order valence-corrected chi connectivity index (χ0v) is 21.3. The Kier molecular flexibility index (Phi) is 8.86. The zero-order valence-electron chi connectivity index (χ0n) is 21.3. The van der Waals surface area contributed by atoms with E-state index in [1.807, 2.05) is 6.92 Å². The first kappa shape index (κ1) is 29.5. The second kappa shape index (κ2) is 12.3. The Balaban J connectivity index is 1.50. The molecule has 0 amide bonds. The summed E-state index contributed by atoms with van der Waals surface area (Å²) < 4.78 is 122. The molecule has 0 fully saturated rings. The lowest BCUT2D eigenvalue weighted by Gasteiger charge is -2.19. The zero-order chi connectivity index (χ0) is 29.7. The SMILES string of the molecule is CCCCOc1ccc(-c2ccc(C#Cc3cc(F)c(C(F)(F)Oc4cc(F)c(F)c(F)c4)c(F)c3)cc2)c(F)c1. The number of alkyl halides is 2. The summed E-state index contributed by atoms with van der Waals surface area (Å²) in [6.07, 6.45) is -2.92. The van der Waals surface area contributed by atoms with Crippen LogP contribution < -0.4 is 9.47 Å². The molecular weight excluding hydrogens is 556 g/mol. The fourth-order valence-electron chi connectivity index (χ4n) is 3.75. The van der Waals surface area contributed by atoms with E-state index in [-0.39, 0.29) is 17.7 Å².